The van der Waals surface area contributed by atoms with E-state index in [0.717, 1.165) is 37.1 Å². The number of carbonyl (C=O) groups excluding carboxylic acids is 1. The van der Waals surface area contributed by atoms with Gasteiger partial charge < -0.3 is 4.90 Å². The lowest BCUT2D eigenvalue weighted by molar-refractivity contribution is -0.131. The number of carbonyl (C=O) groups is 1. The number of amides is 1. The largest absolute Gasteiger partial charge is 0.345 e. The molecule has 1 unspecified atom stereocenters. The van der Waals surface area contributed by atoms with Crippen molar-refractivity contribution in [1.29, 1.82) is 0 Å². The van der Waals surface area contributed by atoms with E-state index >= 15 is 0 Å². The molecule has 23 heavy (non-hydrogen) atoms. The van der Waals surface area contributed by atoms with Crippen LogP contribution in [0.15, 0.2) is 42.6 Å². The van der Waals surface area contributed by atoms with Gasteiger partial charge >= 0.3 is 0 Å². The standard InChI is InChI=1S/C14H16N2O.C6H4/c1-3-11-7-6-9-15-13(11)12-8-4-5-10-16(2)14(12)17;1-2-5-4-6(5)3-1/h1,6-7,9,12H,4-5,8,10H2,2H3;1-4H. The Morgan fingerprint density at radius 2 is 2.00 bits per heavy atom. The van der Waals surface area contributed by atoms with Crippen molar-refractivity contribution < 1.29 is 4.79 Å². The Hall–Kier alpha value is -2.60. The number of rotatable bonds is 1. The van der Waals surface area contributed by atoms with Crippen molar-refractivity contribution in [2.45, 2.75) is 25.2 Å². The molecule has 0 N–H and O–H groups in total. The first-order valence-corrected chi connectivity index (χ1v) is 7.97. The number of hydrogen-bond donors (Lipinski definition) is 0. The molecular weight excluding hydrogens is 284 g/mol. The van der Waals surface area contributed by atoms with Crippen LogP contribution in [-0.2, 0) is 4.79 Å². The second-order valence-corrected chi connectivity index (χ2v) is 5.97. The van der Waals surface area contributed by atoms with E-state index in [9.17, 15) is 4.79 Å². The number of likely N-dealkylation sites (N-methyl/N-ethyl adjacent to an activating group) is 1. The van der Waals surface area contributed by atoms with E-state index < -0.39 is 0 Å². The monoisotopic (exact) mass is 304 g/mol. The molecule has 0 bridgehead atoms. The lowest BCUT2D eigenvalue weighted by Crippen LogP contribution is -2.31. The van der Waals surface area contributed by atoms with E-state index in [-0.39, 0.29) is 11.8 Å². The molecule has 1 aromatic heterocycles. The molecule has 3 aliphatic rings. The van der Waals surface area contributed by atoms with Gasteiger partial charge in [0.05, 0.1) is 11.6 Å². The molecule has 0 aromatic carbocycles. The van der Waals surface area contributed by atoms with Crippen LogP contribution < -0.4 is 0 Å². The van der Waals surface area contributed by atoms with Crippen LogP contribution in [0.25, 0.3) is 11.1 Å². The summed E-state index contributed by atoms with van der Waals surface area (Å²) < 4.78 is 0. The summed E-state index contributed by atoms with van der Waals surface area (Å²) in [6.45, 7) is 0.827. The van der Waals surface area contributed by atoms with Crippen molar-refractivity contribution in [2.24, 2.45) is 0 Å². The number of aromatic nitrogens is 1. The zero-order valence-electron chi connectivity index (χ0n) is 13.3. The molecule has 0 saturated carbocycles. The molecule has 0 radical (unpaired) electrons. The highest BCUT2D eigenvalue weighted by atomic mass is 16.2. The van der Waals surface area contributed by atoms with Gasteiger partial charge in [-0.25, -0.2) is 0 Å². The number of hydrogen-bond acceptors (Lipinski definition) is 2. The van der Waals surface area contributed by atoms with Crippen molar-refractivity contribution in [2.75, 3.05) is 13.6 Å². The Morgan fingerprint density at radius 3 is 2.61 bits per heavy atom. The van der Waals surface area contributed by atoms with E-state index in [1.54, 1.807) is 11.1 Å². The summed E-state index contributed by atoms with van der Waals surface area (Å²) in [5.41, 5.74) is 4.35. The van der Waals surface area contributed by atoms with Gasteiger partial charge in [0.25, 0.3) is 0 Å². The Bertz CT molecular complexity index is 743. The van der Waals surface area contributed by atoms with Crippen molar-refractivity contribution >= 4 is 5.91 Å². The summed E-state index contributed by atoms with van der Waals surface area (Å²) >= 11 is 0. The van der Waals surface area contributed by atoms with Crippen molar-refractivity contribution in [3.05, 3.63) is 53.9 Å². The van der Waals surface area contributed by atoms with Gasteiger partial charge in [-0.2, -0.15) is 0 Å². The first-order chi connectivity index (χ1) is 11.2. The van der Waals surface area contributed by atoms with Crippen molar-refractivity contribution in [3.8, 4) is 23.5 Å². The van der Waals surface area contributed by atoms with Gasteiger partial charge in [0, 0.05) is 25.4 Å². The van der Waals surface area contributed by atoms with E-state index in [1.165, 1.54) is 11.1 Å². The normalized spacial score (nSPS) is 18.3. The van der Waals surface area contributed by atoms with Gasteiger partial charge in [-0.15, -0.1) is 6.42 Å². The van der Waals surface area contributed by atoms with Gasteiger partial charge in [-0.3, -0.25) is 9.78 Å². The minimum absolute atomic E-state index is 0.137. The summed E-state index contributed by atoms with van der Waals surface area (Å²) in [6, 6.07) is 12.1. The van der Waals surface area contributed by atoms with E-state index in [1.807, 2.05) is 19.2 Å². The molecule has 3 heteroatoms. The van der Waals surface area contributed by atoms with Crippen LogP contribution in [0.3, 0.4) is 0 Å². The Balaban J connectivity index is 0.000000213. The van der Waals surface area contributed by atoms with Crippen LogP contribution >= 0.6 is 0 Å². The molecule has 2 heterocycles. The summed E-state index contributed by atoms with van der Waals surface area (Å²) in [4.78, 5) is 18.3. The first-order valence-electron chi connectivity index (χ1n) is 7.97. The van der Waals surface area contributed by atoms with E-state index in [4.69, 9.17) is 6.42 Å². The zero-order valence-corrected chi connectivity index (χ0v) is 13.3. The average Bonchev–Trinajstić information content (AvgIpc) is 3.24. The second kappa shape index (κ2) is 6.66. The van der Waals surface area contributed by atoms with E-state index in [0.29, 0.717) is 0 Å². The van der Waals surface area contributed by atoms with Crippen molar-refractivity contribution in [3.63, 3.8) is 0 Å². The van der Waals surface area contributed by atoms with Gasteiger partial charge in [0.1, 0.15) is 0 Å². The van der Waals surface area contributed by atoms with Crippen molar-refractivity contribution in [1.82, 2.24) is 9.88 Å². The molecule has 1 saturated heterocycles. The minimum Gasteiger partial charge on any atom is -0.345 e. The number of benzene rings is 1. The maximum atomic E-state index is 12.2. The maximum Gasteiger partial charge on any atom is 0.231 e. The third-order valence-electron chi connectivity index (χ3n) is 4.35. The predicted molar refractivity (Wildman–Crippen MR) is 91.8 cm³/mol. The molecule has 1 amide bonds. The van der Waals surface area contributed by atoms with Crippen LogP contribution in [0.2, 0.25) is 0 Å². The fraction of sp³-hybridized carbons (Fsp3) is 0.300. The second-order valence-electron chi connectivity index (χ2n) is 5.97. The van der Waals surface area contributed by atoms with Crippen LogP contribution in [0.5, 0.6) is 0 Å². The topological polar surface area (TPSA) is 33.2 Å². The predicted octanol–water partition coefficient (Wildman–Crippen LogP) is 3.46. The number of fused-ring (bicyclic) bond motifs is 1. The zero-order chi connectivity index (χ0) is 16.2. The van der Waals surface area contributed by atoms with Crippen LogP contribution in [0, 0.1) is 12.3 Å². The van der Waals surface area contributed by atoms with Crippen LogP contribution in [0.4, 0.5) is 0 Å². The summed E-state index contributed by atoms with van der Waals surface area (Å²) in [7, 11) is 1.85. The quantitative estimate of drug-likeness (QED) is 0.645. The number of likely N-dealkylation sites (tertiary alicyclic amines) is 1. The maximum absolute atomic E-state index is 12.2. The average molecular weight is 304 g/mol. The highest BCUT2D eigenvalue weighted by Crippen LogP contribution is 2.32. The van der Waals surface area contributed by atoms with Gasteiger partial charge in [-0.1, -0.05) is 30.5 Å². The fourth-order valence-electron chi connectivity index (χ4n) is 2.94. The van der Waals surface area contributed by atoms with Gasteiger partial charge in [0.15, 0.2) is 0 Å². The summed E-state index contributed by atoms with van der Waals surface area (Å²) in [5.74, 6) is 2.58. The molecule has 0 spiro atoms. The highest BCUT2D eigenvalue weighted by Gasteiger charge is 2.28. The summed E-state index contributed by atoms with van der Waals surface area (Å²) in [6.07, 6.45) is 10.1. The number of pyridine rings is 1. The molecule has 116 valence electrons. The molecule has 2 aliphatic carbocycles. The molecule has 1 atom stereocenters. The fourth-order valence-corrected chi connectivity index (χ4v) is 2.94. The Labute approximate surface area is 137 Å². The van der Waals surface area contributed by atoms with Crippen LogP contribution in [0.1, 0.15) is 36.4 Å². The molecule has 4 rings (SSSR count). The smallest absolute Gasteiger partial charge is 0.231 e. The Kier molecular flexibility index (Phi) is 4.43. The lowest BCUT2D eigenvalue weighted by Gasteiger charge is -2.20. The highest BCUT2D eigenvalue weighted by molar-refractivity contribution is 5.84. The molecular formula is C20H20N2O. The van der Waals surface area contributed by atoms with Crippen LogP contribution in [-0.4, -0.2) is 29.4 Å². The molecule has 1 aliphatic heterocycles. The van der Waals surface area contributed by atoms with Gasteiger partial charge in [-0.05, 0) is 42.2 Å². The van der Waals surface area contributed by atoms with E-state index in [2.05, 4.69) is 35.2 Å². The SMILES string of the molecule is C#Cc1cccnc1C1CCCCN(C)C1=O.c1cc2cc-2c1. The summed E-state index contributed by atoms with van der Waals surface area (Å²) in [5, 5.41) is 0. The molecule has 1 fully saturated rings. The first kappa shape index (κ1) is 15.3. The minimum atomic E-state index is -0.172. The lowest BCUT2D eigenvalue weighted by atomic mass is 9.95. The van der Waals surface area contributed by atoms with Gasteiger partial charge in [0.2, 0.25) is 5.91 Å². The third kappa shape index (κ3) is 3.43. The third-order valence-corrected chi connectivity index (χ3v) is 4.35. The number of nitrogens with zero attached hydrogens (tertiary/aromatic N) is 2. The molecule has 3 nitrogen and oxygen atoms in total. The molecule has 1 aromatic rings. The number of terminal acetylenes is 1. The Morgan fingerprint density at radius 1 is 1.22 bits per heavy atom.